The predicted octanol–water partition coefficient (Wildman–Crippen LogP) is 3.41. The maximum Gasteiger partial charge on any atom is 0.408 e. The lowest BCUT2D eigenvalue weighted by Gasteiger charge is -2.30. The summed E-state index contributed by atoms with van der Waals surface area (Å²) in [7, 11) is -8.35. The molecule has 2 heterocycles. The van der Waals surface area contributed by atoms with Gasteiger partial charge in [0.1, 0.15) is 23.2 Å². The van der Waals surface area contributed by atoms with Gasteiger partial charge in [-0.05, 0) is 90.5 Å². The first kappa shape index (κ1) is 38.2. The van der Waals surface area contributed by atoms with Crippen molar-refractivity contribution in [3.63, 3.8) is 0 Å². The first-order chi connectivity index (χ1) is 23.3. The Morgan fingerprint density at radius 2 is 1.72 bits per heavy atom. The molecular formula is C33H45BrN4O10S2. The Bertz CT molecular complexity index is 1760. The average molecular weight is 802 g/mol. The van der Waals surface area contributed by atoms with Gasteiger partial charge in [0.25, 0.3) is 16.0 Å². The summed E-state index contributed by atoms with van der Waals surface area (Å²) >= 11 is 3.27. The third-order valence-corrected chi connectivity index (χ3v) is 13.6. The van der Waals surface area contributed by atoms with Gasteiger partial charge in [0.15, 0.2) is 0 Å². The summed E-state index contributed by atoms with van der Waals surface area (Å²) in [5.41, 5.74) is -2.45. The summed E-state index contributed by atoms with van der Waals surface area (Å²) in [6.07, 6.45) is 5.27. The van der Waals surface area contributed by atoms with Gasteiger partial charge in [0, 0.05) is 23.4 Å². The smallest absolute Gasteiger partial charge is 0.408 e. The molecule has 2 saturated carbocycles. The number of benzene rings is 1. The van der Waals surface area contributed by atoms with E-state index >= 15 is 0 Å². The number of rotatable bonds is 7. The molecule has 2 aliphatic heterocycles. The second kappa shape index (κ2) is 14.2. The molecule has 17 heteroatoms. The molecule has 4 aliphatic rings. The molecule has 2 unspecified atom stereocenters. The molecule has 276 valence electrons. The molecule has 50 heavy (non-hydrogen) atoms. The van der Waals surface area contributed by atoms with E-state index in [4.69, 9.17) is 8.92 Å². The number of amides is 4. The molecule has 0 aromatic heterocycles. The summed E-state index contributed by atoms with van der Waals surface area (Å²) in [6.45, 7) is 6.28. The van der Waals surface area contributed by atoms with Crippen LogP contribution >= 0.6 is 15.9 Å². The van der Waals surface area contributed by atoms with E-state index in [0.29, 0.717) is 36.6 Å². The second-order valence-electron chi connectivity index (χ2n) is 14.8. The van der Waals surface area contributed by atoms with Crippen molar-refractivity contribution < 1.29 is 44.9 Å². The monoisotopic (exact) mass is 800 g/mol. The largest absolute Gasteiger partial charge is 0.444 e. The van der Waals surface area contributed by atoms with E-state index in [1.54, 1.807) is 33.8 Å². The highest BCUT2D eigenvalue weighted by Gasteiger charge is 2.63. The van der Waals surface area contributed by atoms with E-state index in [0.717, 1.165) is 6.42 Å². The first-order valence-corrected chi connectivity index (χ1v) is 20.5. The first-order valence-electron chi connectivity index (χ1n) is 16.8. The van der Waals surface area contributed by atoms with Crippen molar-refractivity contribution in [2.45, 2.75) is 124 Å². The Labute approximate surface area is 301 Å². The van der Waals surface area contributed by atoms with Crippen LogP contribution < -0.4 is 15.4 Å². The van der Waals surface area contributed by atoms with Gasteiger partial charge in [-0.25, -0.2) is 13.2 Å². The van der Waals surface area contributed by atoms with Crippen LogP contribution in [0, 0.1) is 5.92 Å². The molecule has 5 atom stereocenters. The number of ether oxygens (including phenoxy) is 1. The third-order valence-electron chi connectivity index (χ3n) is 9.53. The van der Waals surface area contributed by atoms with Gasteiger partial charge < -0.3 is 20.3 Å². The van der Waals surface area contributed by atoms with Gasteiger partial charge in [-0.3, -0.25) is 23.3 Å². The number of halogens is 1. The number of hydrogen-bond acceptors (Lipinski definition) is 10. The highest BCUT2D eigenvalue weighted by Crippen LogP contribution is 2.47. The molecule has 0 bridgehead atoms. The SMILES string of the molecule is CC(C)(C)OC(=O)N[C@H]1CCCCC/C=C\C2CC2(C(=O)NS(=O)(=O)C2(C)CC2)NC(=O)[C@@H]2C[C@H](OS(=O)(=O)c3ccc(Br)cc3)CN2C1=O. The molecule has 0 radical (unpaired) electrons. The van der Waals surface area contributed by atoms with Crippen molar-refractivity contribution in [2.75, 3.05) is 6.54 Å². The Morgan fingerprint density at radius 3 is 2.36 bits per heavy atom. The fourth-order valence-electron chi connectivity index (χ4n) is 6.22. The third kappa shape index (κ3) is 8.70. The highest BCUT2D eigenvalue weighted by molar-refractivity contribution is 9.10. The van der Waals surface area contributed by atoms with Gasteiger partial charge in [-0.2, -0.15) is 8.42 Å². The van der Waals surface area contributed by atoms with Gasteiger partial charge in [-0.1, -0.05) is 40.9 Å². The van der Waals surface area contributed by atoms with Crippen LogP contribution in [0.5, 0.6) is 0 Å². The number of carbonyl (C=O) groups excluding carboxylic acids is 4. The molecule has 14 nitrogen and oxygen atoms in total. The van der Waals surface area contributed by atoms with E-state index in [9.17, 15) is 36.0 Å². The van der Waals surface area contributed by atoms with Crippen LogP contribution in [0.1, 0.15) is 85.5 Å². The lowest BCUT2D eigenvalue weighted by atomic mass is 10.0. The quantitative estimate of drug-likeness (QED) is 0.272. The molecule has 2 aliphatic carbocycles. The summed E-state index contributed by atoms with van der Waals surface area (Å²) in [6, 6.07) is 3.35. The van der Waals surface area contributed by atoms with E-state index in [1.165, 1.54) is 29.2 Å². The van der Waals surface area contributed by atoms with E-state index in [1.807, 2.05) is 6.08 Å². The lowest BCUT2D eigenvalue weighted by Crippen LogP contribution is -2.58. The van der Waals surface area contributed by atoms with Crippen LogP contribution in [-0.2, 0) is 43.4 Å². The van der Waals surface area contributed by atoms with Crippen LogP contribution in [0.25, 0.3) is 0 Å². The van der Waals surface area contributed by atoms with Crippen molar-refractivity contribution in [3.8, 4) is 0 Å². The summed E-state index contributed by atoms with van der Waals surface area (Å²) in [5.74, 6) is -2.80. The minimum atomic E-state index is -4.33. The van der Waals surface area contributed by atoms with E-state index in [2.05, 4.69) is 31.3 Å². The van der Waals surface area contributed by atoms with E-state index < -0.39 is 83.9 Å². The van der Waals surface area contributed by atoms with Crippen molar-refractivity contribution >= 4 is 59.9 Å². The van der Waals surface area contributed by atoms with Crippen LogP contribution in [0.15, 0.2) is 45.8 Å². The summed E-state index contributed by atoms with van der Waals surface area (Å²) < 4.78 is 65.3. The molecular weight excluding hydrogens is 756 g/mol. The maximum atomic E-state index is 14.2. The molecule has 5 rings (SSSR count). The number of nitrogens with one attached hydrogen (secondary N) is 3. The Balaban J connectivity index is 1.45. The number of hydrogen-bond donors (Lipinski definition) is 3. The summed E-state index contributed by atoms with van der Waals surface area (Å²) in [4.78, 5) is 56.0. The van der Waals surface area contributed by atoms with E-state index in [-0.39, 0.29) is 30.7 Å². The zero-order chi connectivity index (χ0) is 36.7. The number of carbonyl (C=O) groups is 4. The van der Waals surface area contributed by atoms with Gasteiger partial charge in [0.05, 0.1) is 15.7 Å². The molecule has 4 amide bonds. The van der Waals surface area contributed by atoms with Gasteiger partial charge in [-0.15, -0.1) is 0 Å². The fraction of sp³-hybridized carbons (Fsp3) is 0.636. The fourth-order valence-corrected chi connectivity index (χ4v) is 8.87. The minimum absolute atomic E-state index is 0.126. The number of fused-ring (bicyclic) bond motifs is 2. The topological polar surface area (TPSA) is 194 Å². The molecule has 0 spiro atoms. The zero-order valence-corrected chi connectivity index (χ0v) is 31.8. The second-order valence-corrected chi connectivity index (χ2v) is 19.5. The zero-order valence-electron chi connectivity index (χ0n) is 28.6. The number of sulfonamides is 1. The Hall–Kier alpha value is -3.02. The van der Waals surface area contributed by atoms with Crippen LogP contribution in [0.2, 0.25) is 0 Å². The summed E-state index contributed by atoms with van der Waals surface area (Å²) in [5, 5.41) is 5.38. The van der Waals surface area contributed by atoms with Gasteiger partial charge in [0.2, 0.25) is 21.8 Å². The standard InChI is InChI=1S/C33H45BrN4O10S2/c1-31(2,3)47-30(42)35-25-11-9-7-5-6-8-10-21-19-33(21,29(41)37-50(45,46)32(4)16-17-32)36-27(39)26-18-23(20-38(26)28(25)40)48-49(43,44)24-14-12-22(34)13-15-24/h8,10,12-15,21,23,25-26H,5-7,9,11,16-20H2,1-4H3,(H,35,42)(H,36,39)(H,37,41)/b10-8-/t21?,23-,25-,26-,33?/m0/s1. The highest BCUT2D eigenvalue weighted by atomic mass is 79.9. The molecule has 1 aromatic carbocycles. The molecule has 3 fully saturated rings. The van der Waals surface area contributed by atoms with Crippen molar-refractivity contribution in [3.05, 3.63) is 40.9 Å². The van der Waals surface area contributed by atoms with Crippen LogP contribution in [0.4, 0.5) is 4.79 Å². The number of nitrogens with zero attached hydrogens (tertiary/aromatic N) is 1. The lowest BCUT2D eigenvalue weighted by molar-refractivity contribution is -0.141. The number of allylic oxidation sites excluding steroid dienone is 1. The van der Waals surface area contributed by atoms with Gasteiger partial charge >= 0.3 is 6.09 Å². The Kier molecular flexibility index (Phi) is 10.8. The normalized spacial score (nSPS) is 29.3. The predicted molar refractivity (Wildman–Crippen MR) is 185 cm³/mol. The number of alkyl carbamates (subject to hydrolysis) is 1. The van der Waals surface area contributed by atoms with Crippen molar-refractivity contribution in [1.82, 2.24) is 20.3 Å². The maximum absolute atomic E-state index is 14.2. The van der Waals surface area contributed by atoms with Crippen molar-refractivity contribution in [2.24, 2.45) is 5.92 Å². The molecule has 3 N–H and O–H groups in total. The molecule has 1 saturated heterocycles. The average Bonchev–Trinajstić information content (AvgIpc) is 3.89. The van der Waals surface area contributed by atoms with Crippen molar-refractivity contribution in [1.29, 1.82) is 0 Å². The Morgan fingerprint density at radius 1 is 1.04 bits per heavy atom. The van der Waals surface area contributed by atoms with Crippen LogP contribution in [-0.4, -0.2) is 86.2 Å². The minimum Gasteiger partial charge on any atom is -0.444 e. The molecule has 1 aromatic rings. The van der Waals surface area contributed by atoms with Crippen LogP contribution in [0.3, 0.4) is 0 Å².